The number of rotatable bonds is 12. The normalized spacial score (nSPS) is 37.5. The third kappa shape index (κ3) is 6.28. The van der Waals surface area contributed by atoms with E-state index >= 15 is 0 Å². The number of unbranched alkanes of at least 4 members (excludes halogenated alkanes) is 5. The van der Waals surface area contributed by atoms with Gasteiger partial charge in [0.15, 0.2) is 0 Å². The maximum Gasteiger partial charge on any atom is 0.306 e. The SMILES string of the molecule is CC(C)SCCCCCCCCC(=O)OC(C)[C@H]1CC[C@H]2[C@@H]3CCC4N(C)C(=O)CC[C@]4(C)[C@H]3CC[C@]12C. The second-order valence-corrected chi connectivity index (χ2v) is 15.9. The molecule has 2 unspecified atom stereocenters. The van der Waals surface area contributed by atoms with E-state index in [2.05, 4.69) is 51.3 Å². The van der Waals surface area contributed by atoms with Crippen molar-refractivity contribution in [2.75, 3.05) is 12.8 Å². The highest BCUT2D eigenvalue weighted by Gasteiger charge is 2.61. The topological polar surface area (TPSA) is 46.6 Å². The molecule has 1 aliphatic heterocycles. The van der Waals surface area contributed by atoms with Crippen LogP contribution in [-0.2, 0) is 14.3 Å². The Labute approximate surface area is 238 Å². The molecule has 3 saturated carbocycles. The first-order chi connectivity index (χ1) is 18.1. The van der Waals surface area contributed by atoms with Gasteiger partial charge < -0.3 is 9.64 Å². The summed E-state index contributed by atoms with van der Waals surface area (Å²) in [5, 5.41) is 0.742. The summed E-state index contributed by atoms with van der Waals surface area (Å²) in [7, 11) is 2.05. The van der Waals surface area contributed by atoms with Gasteiger partial charge in [-0.1, -0.05) is 53.4 Å². The van der Waals surface area contributed by atoms with Crippen molar-refractivity contribution in [3.8, 4) is 0 Å². The smallest absolute Gasteiger partial charge is 0.306 e. The largest absolute Gasteiger partial charge is 0.462 e. The fourth-order valence-corrected chi connectivity index (χ4v) is 10.6. The van der Waals surface area contributed by atoms with Gasteiger partial charge in [-0.2, -0.15) is 11.8 Å². The van der Waals surface area contributed by atoms with Gasteiger partial charge in [0.05, 0.1) is 0 Å². The van der Waals surface area contributed by atoms with Crippen LogP contribution in [0.3, 0.4) is 0 Å². The minimum absolute atomic E-state index is 0.0227. The lowest BCUT2D eigenvalue weighted by Crippen LogP contribution is -2.61. The van der Waals surface area contributed by atoms with E-state index in [1.165, 1.54) is 70.0 Å². The quantitative estimate of drug-likeness (QED) is 0.182. The Hall–Kier alpha value is -0.710. The molecule has 0 N–H and O–H groups in total. The molecule has 0 radical (unpaired) electrons. The highest BCUT2D eigenvalue weighted by Crippen LogP contribution is 2.66. The number of nitrogens with zero attached hydrogens (tertiary/aromatic N) is 1. The summed E-state index contributed by atoms with van der Waals surface area (Å²) in [6.07, 6.45) is 17.1. The summed E-state index contributed by atoms with van der Waals surface area (Å²) in [5.41, 5.74) is 0.560. The van der Waals surface area contributed by atoms with E-state index in [4.69, 9.17) is 4.74 Å². The highest BCUT2D eigenvalue weighted by molar-refractivity contribution is 7.99. The molecule has 3 aliphatic carbocycles. The molecule has 4 aliphatic rings. The third-order valence-electron chi connectivity index (χ3n) is 11.7. The number of thioether (sulfide) groups is 1. The van der Waals surface area contributed by atoms with Gasteiger partial charge in [0.2, 0.25) is 5.91 Å². The van der Waals surface area contributed by atoms with Crippen molar-refractivity contribution < 1.29 is 14.3 Å². The molecule has 0 aromatic carbocycles. The van der Waals surface area contributed by atoms with Crippen LogP contribution in [0.2, 0.25) is 0 Å². The summed E-state index contributed by atoms with van der Waals surface area (Å²) in [6, 6.07) is 0.426. The molecular formula is C33H57NO3S. The van der Waals surface area contributed by atoms with Crippen LogP contribution in [0.15, 0.2) is 0 Å². The lowest BCUT2D eigenvalue weighted by molar-refractivity contribution is -0.164. The van der Waals surface area contributed by atoms with Gasteiger partial charge in [-0.15, -0.1) is 0 Å². The van der Waals surface area contributed by atoms with Gasteiger partial charge in [0.25, 0.3) is 0 Å². The molecular weight excluding hydrogens is 490 g/mol. The highest BCUT2D eigenvalue weighted by atomic mass is 32.2. The van der Waals surface area contributed by atoms with Crippen LogP contribution in [0.1, 0.15) is 131 Å². The standard InChI is InChI=1S/C33H57NO3S/c1-23(2)38-22-12-10-8-7-9-11-13-31(36)37-24(3)26-15-16-27-25-14-17-29-33(5,21-19-30(35)34(29)6)28(25)18-20-32(26,27)4/h23-29H,7-22H2,1-6H3/t24?,25-,26+,27-,28-,29?,32+,33+/m0/s1. The Morgan fingerprint density at radius 3 is 2.34 bits per heavy atom. The fraction of sp³-hybridized carbons (Fsp3) is 0.939. The molecule has 38 heavy (non-hydrogen) atoms. The Balaban J connectivity index is 1.22. The van der Waals surface area contributed by atoms with Crippen LogP contribution in [0, 0.1) is 34.5 Å². The maximum absolute atomic E-state index is 12.7. The van der Waals surface area contributed by atoms with Gasteiger partial charge in [0.1, 0.15) is 6.10 Å². The molecule has 1 amide bonds. The van der Waals surface area contributed by atoms with Crippen LogP contribution in [0.4, 0.5) is 0 Å². The number of ether oxygens (including phenoxy) is 1. The van der Waals surface area contributed by atoms with E-state index in [9.17, 15) is 9.59 Å². The van der Waals surface area contributed by atoms with Crippen molar-refractivity contribution in [3.63, 3.8) is 0 Å². The number of hydrogen-bond acceptors (Lipinski definition) is 4. The van der Waals surface area contributed by atoms with Gasteiger partial charge in [-0.25, -0.2) is 0 Å². The van der Waals surface area contributed by atoms with E-state index in [1.807, 2.05) is 7.05 Å². The average molecular weight is 548 g/mol. The van der Waals surface area contributed by atoms with E-state index in [0.717, 1.165) is 48.7 Å². The lowest BCUT2D eigenvalue weighted by Gasteiger charge is -2.62. The predicted molar refractivity (Wildman–Crippen MR) is 159 cm³/mol. The fourth-order valence-electron chi connectivity index (χ4n) is 9.71. The molecule has 5 heteroatoms. The first kappa shape index (κ1) is 30.3. The van der Waals surface area contributed by atoms with Crippen molar-refractivity contribution in [1.29, 1.82) is 0 Å². The number of piperidine rings is 1. The number of esters is 1. The molecule has 218 valence electrons. The Morgan fingerprint density at radius 2 is 1.61 bits per heavy atom. The van der Waals surface area contributed by atoms with Gasteiger partial charge >= 0.3 is 5.97 Å². The van der Waals surface area contributed by atoms with E-state index in [0.29, 0.717) is 24.3 Å². The number of amides is 1. The third-order valence-corrected chi connectivity index (χ3v) is 12.9. The molecule has 4 fully saturated rings. The second-order valence-electron chi connectivity index (χ2n) is 14.2. The zero-order valence-electron chi connectivity index (χ0n) is 25.4. The lowest BCUT2D eigenvalue weighted by atomic mass is 9.46. The predicted octanol–water partition coefficient (Wildman–Crippen LogP) is 8.27. The molecule has 4 nitrogen and oxygen atoms in total. The van der Waals surface area contributed by atoms with Crippen molar-refractivity contribution in [2.24, 2.45) is 34.5 Å². The maximum atomic E-state index is 12.7. The molecule has 8 atom stereocenters. The summed E-state index contributed by atoms with van der Waals surface area (Å²) in [6.45, 7) is 11.7. The van der Waals surface area contributed by atoms with Crippen molar-refractivity contribution in [3.05, 3.63) is 0 Å². The van der Waals surface area contributed by atoms with Crippen molar-refractivity contribution in [2.45, 2.75) is 148 Å². The number of hydrogen-bond donors (Lipinski definition) is 0. The first-order valence-electron chi connectivity index (χ1n) is 16.1. The molecule has 0 bridgehead atoms. The summed E-state index contributed by atoms with van der Waals surface area (Å²) < 4.78 is 6.11. The molecule has 1 saturated heterocycles. The van der Waals surface area contributed by atoms with Crippen LogP contribution >= 0.6 is 11.8 Å². The molecule has 0 aromatic rings. The minimum Gasteiger partial charge on any atom is -0.462 e. The summed E-state index contributed by atoms with van der Waals surface area (Å²) >= 11 is 2.06. The molecule has 1 heterocycles. The van der Waals surface area contributed by atoms with Crippen LogP contribution in [0.5, 0.6) is 0 Å². The zero-order chi connectivity index (χ0) is 27.5. The summed E-state index contributed by atoms with van der Waals surface area (Å²) in [5.74, 6) is 4.39. The zero-order valence-corrected chi connectivity index (χ0v) is 26.3. The van der Waals surface area contributed by atoms with Crippen LogP contribution in [0.25, 0.3) is 0 Å². The average Bonchev–Trinajstić information content (AvgIpc) is 3.22. The number of fused-ring (bicyclic) bond motifs is 5. The van der Waals surface area contributed by atoms with E-state index in [1.54, 1.807) is 0 Å². The molecule has 4 rings (SSSR count). The van der Waals surface area contributed by atoms with E-state index < -0.39 is 0 Å². The van der Waals surface area contributed by atoms with Crippen LogP contribution < -0.4 is 0 Å². The first-order valence-corrected chi connectivity index (χ1v) is 17.2. The van der Waals surface area contributed by atoms with Gasteiger partial charge in [0, 0.05) is 31.8 Å². The number of likely N-dealkylation sites (tertiary alicyclic amines) is 1. The monoisotopic (exact) mass is 547 g/mol. The van der Waals surface area contributed by atoms with Crippen molar-refractivity contribution >= 4 is 23.6 Å². The van der Waals surface area contributed by atoms with Gasteiger partial charge in [-0.3, -0.25) is 9.59 Å². The Bertz CT molecular complexity index is 816. The van der Waals surface area contributed by atoms with Gasteiger partial charge in [-0.05, 0) is 104 Å². The Morgan fingerprint density at radius 1 is 0.921 bits per heavy atom. The summed E-state index contributed by atoms with van der Waals surface area (Å²) in [4.78, 5) is 27.3. The number of carbonyl (C=O) groups excluding carboxylic acids is 2. The van der Waals surface area contributed by atoms with E-state index in [-0.39, 0.29) is 22.9 Å². The molecule has 0 aromatic heterocycles. The number of carbonyl (C=O) groups is 2. The van der Waals surface area contributed by atoms with Crippen molar-refractivity contribution in [1.82, 2.24) is 4.90 Å². The minimum atomic E-state index is 0.0227. The van der Waals surface area contributed by atoms with Crippen LogP contribution in [-0.4, -0.2) is 47.0 Å². The molecule has 0 spiro atoms. The Kier molecular flexibility index (Phi) is 10.2. The second kappa shape index (κ2) is 12.9.